The van der Waals surface area contributed by atoms with Gasteiger partial charge in [0.05, 0.1) is 0 Å². The Hall–Kier alpha value is -1.08. The van der Waals surface area contributed by atoms with E-state index in [0.717, 1.165) is 6.42 Å². The topological polar surface area (TPSA) is 12.0 Å². The minimum Gasteiger partial charge on any atom is -0.314 e. The molecule has 0 amide bonds. The van der Waals surface area contributed by atoms with Crippen molar-refractivity contribution in [2.45, 2.75) is 32.7 Å². The van der Waals surface area contributed by atoms with Gasteiger partial charge in [0.1, 0.15) is 0 Å². The monoisotopic (exact) mass is 203 g/mol. The summed E-state index contributed by atoms with van der Waals surface area (Å²) in [7, 11) is 2.01. The molecule has 0 aliphatic rings. The third-order valence-electron chi connectivity index (χ3n) is 2.61. The molecule has 82 valence electrons. The third-order valence-corrected chi connectivity index (χ3v) is 2.61. The average Bonchev–Trinajstić information content (AvgIpc) is 2.18. The van der Waals surface area contributed by atoms with Gasteiger partial charge in [0, 0.05) is 5.54 Å². The molecular weight excluding hydrogens is 182 g/mol. The number of benzene rings is 1. The van der Waals surface area contributed by atoms with Crippen molar-refractivity contribution in [2.24, 2.45) is 0 Å². The second-order valence-corrected chi connectivity index (χ2v) is 4.71. The fourth-order valence-corrected chi connectivity index (χ4v) is 1.67. The van der Waals surface area contributed by atoms with E-state index in [-0.39, 0.29) is 5.54 Å². The maximum Gasteiger partial charge on any atom is 0.0159 e. The number of nitrogens with one attached hydrogen (secondary N) is 1. The van der Waals surface area contributed by atoms with Crippen LogP contribution in [0.3, 0.4) is 0 Å². The van der Waals surface area contributed by atoms with Crippen LogP contribution in [0.25, 0.3) is 6.08 Å². The highest BCUT2D eigenvalue weighted by atomic mass is 14.9. The third kappa shape index (κ3) is 4.30. The lowest BCUT2D eigenvalue weighted by Gasteiger charge is -2.24. The lowest BCUT2D eigenvalue weighted by atomic mass is 9.95. The van der Waals surface area contributed by atoms with Crippen molar-refractivity contribution in [3.8, 4) is 0 Å². The number of rotatable bonds is 4. The van der Waals surface area contributed by atoms with Crippen molar-refractivity contribution in [3.05, 3.63) is 41.5 Å². The Balaban J connectivity index is 2.69. The average molecular weight is 203 g/mol. The van der Waals surface area contributed by atoms with E-state index in [1.807, 2.05) is 13.1 Å². The predicted molar refractivity (Wildman–Crippen MR) is 67.8 cm³/mol. The normalized spacial score (nSPS) is 12.9. The molecule has 0 unspecified atom stereocenters. The molecule has 0 saturated carbocycles. The minimum absolute atomic E-state index is 0.176. The highest BCUT2D eigenvalue weighted by Gasteiger charge is 2.14. The van der Waals surface area contributed by atoms with Crippen molar-refractivity contribution in [1.29, 1.82) is 0 Å². The second kappa shape index (κ2) is 5.13. The fraction of sp³-hybridized carbons (Fsp3) is 0.429. The van der Waals surface area contributed by atoms with E-state index in [0.29, 0.717) is 0 Å². The van der Waals surface area contributed by atoms with Crippen molar-refractivity contribution < 1.29 is 0 Å². The van der Waals surface area contributed by atoms with E-state index in [2.05, 4.69) is 56.4 Å². The fourth-order valence-electron chi connectivity index (χ4n) is 1.67. The maximum atomic E-state index is 3.32. The molecule has 15 heavy (non-hydrogen) atoms. The van der Waals surface area contributed by atoms with Gasteiger partial charge in [-0.25, -0.2) is 0 Å². The molecule has 0 saturated heterocycles. The molecule has 0 bridgehead atoms. The van der Waals surface area contributed by atoms with Crippen LogP contribution in [0.15, 0.2) is 35.9 Å². The van der Waals surface area contributed by atoms with Crippen LogP contribution in [-0.2, 0) is 0 Å². The smallest absolute Gasteiger partial charge is 0.0159 e. The summed E-state index contributed by atoms with van der Waals surface area (Å²) < 4.78 is 0. The van der Waals surface area contributed by atoms with Gasteiger partial charge in [0.25, 0.3) is 0 Å². The number of hydrogen-bond acceptors (Lipinski definition) is 1. The standard InChI is InChI=1S/C14H21N/c1-12(11-14(2,3)15-4)10-13-8-6-5-7-9-13/h5-10,15H,11H2,1-4H3/b12-10+. The summed E-state index contributed by atoms with van der Waals surface area (Å²) in [6, 6.07) is 10.5. The molecule has 1 rings (SSSR count). The van der Waals surface area contributed by atoms with Crippen molar-refractivity contribution in [2.75, 3.05) is 7.05 Å². The van der Waals surface area contributed by atoms with E-state index in [4.69, 9.17) is 0 Å². The zero-order valence-corrected chi connectivity index (χ0v) is 10.2. The van der Waals surface area contributed by atoms with Crippen LogP contribution >= 0.6 is 0 Å². The molecule has 0 atom stereocenters. The first-order valence-corrected chi connectivity index (χ1v) is 5.45. The molecule has 0 radical (unpaired) electrons. The molecule has 1 aromatic carbocycles. The zero-order chi connectivity index (χ0) is 11.3. The predicted octanol–water partition coefficient (Wildman–Crippen LogP) is 3.48. The zero-order valence-electron chi connectivity index (χ0n) is 10.2. The Bertz CT molecular complexity index is 322. The second-order valence-electron chi connectivity index (χ2n) is 4.71. The Kier molecular flexibility index (Phi) is 4.10. The molecule has 0 spiro atoms. The maximum absolute atomic E-state index is 3.32. The molecule has 0 heterocycles. The summed E-state index contributed by atoms with van der Waals surface area (Å²) in [6.07, 6.45) is 3.32. The van der Waals surface area contributed by atoms with Crippen LogP contribution < -0.4 is 5.32 Å². The largest absolute Gasteiger partial charge is 0.314 e. The molecular formula is C14H21N. The molecule has 0 fully saturated rings. The van der Waals surface area contributed by atoms with Crippen molar-refractivity contribution in [3.63, 3.8) is 0 Å². The molecule has 0 aliphatic heterocycles. The first kappa shape index (κ1) is 12.0. The van der Waals surface area contributed by atoms with Gasteiger partial charge in [0.2, 0.25) is 0 Å². The van der Waals surface area contributed by atoms with Gasteiger partial charge >= 0.3 is 0 Å². The van der Waals surface area contributed by atoms with E-state index >= 15 is 0 Å². The first-order valence-electron chi connectivity index (χ1n) is 5.45. The van der Waals surface area contributed by atoms with Gasteiger partial charge in [-0.1, -0.05) is 42.0 Å². The van der Waals surface area contributed by atoms with E-state index in [1.54, 1.807) is 0 Å². The van der Waals surface area contributed by atoms with Crippen molar-refractivity contribution >= 4 is 6.08 Å². The van der Waals surface area contributed by atoms with Gasteiger partial charge in [-0.2, -0.15) is 0 Å². The lowest BCUT2D eigenvalue weighted by molar-refractivity contribution is 0.421. The van der Waals surface area contributed by atoms with Crippen LogP contribution in [0.5, 0.6) is 0 Å². The Morgan fingerprint density at radius 2 is 1.87 bits per heavy atom. The molecule has 0 aliphatic carbocycles. The Morgan fingerprint density at radius 3 is 2.40 bits per heavy atom. The van der Waals surface area contributed by atoms with E-state index in [9.17, 15) is 0 Å². The van der Waals surface area contributed by atoms with Gasteiger partial charge in [-0.05, 0) is 39.8 Å². The van der Waals surface area contributed by atoms with Crippen LogP contribution in [0, 0.1) is 0 Å². The SMILES string of the molecule is CNC(C)(C)C/C(C)=C/c1ccccc1. The lowest BCUT2D eigenvalue weighted by Crippen LogP contribution is -2.36. The summed E-state index contributed by atoms with van der Waals surface area (Å²) >= 11 is 0. The molecule has 1 N–H and O–H groups in total. The summed E-state index contributed by atoms with van der Waals surface area (Å²) in [5, 5.41) is 3.32. The highest BCUT2D eigenvalue weighted by Crippen LogP contribution is 2.17. The molecule has 0 aromatic heterocycles. The number of hydrogen-bond donors (Lipinski definition) is 1. The van der Waals surface area contributed by atoms with Gasteiger partial charge in [-0.15, -0.1) is 0 Å². The van der Waals surface area contributed by atoms with Crippen LogP contribution in [0.1, 0.15) is 32.8 Å². The van der Waals surface area contributed by atoms with Crippen LogP contribution in [0.4, 0.5) is 0 Å². The molecule has 1 heteroatoms. The Labute approximate surface area is 93.2 Å². The van der Waals surface area contributed by atoms with E-state index < -0.39 is 0 Å². The quantitative estimate of drug-likeness (QED) is 0.790. The molecule has 1 aromatic rings. The van der Waals surface area contributed by atoms with Crippen LogP contribution in [0.2, 0.25) is 0 Å². The van der Waals surface area contributed by atoms with Gasteiger partial charge in [0.15, 0.2) is 0 Å². The van der Waals surface area contributed by atoms with Crippen LogP contribution in [-0.4, -0.2) is 12.6 Å². The molecule has 1 nitrogen and oxygen atoms in total. The summed E-state index contributed by atoms with van der Waals surface area (Å²) in [6.45, 7) is 6.62. The summed E-state index contributed by atoms with van der Waals surface area (Å²) in [5.74, 6) is 0. The van der Waals surface area contributed by atoms with Gasteiger partial charge in [-0.3, -0.25) is 0 Å². The summed E-state index contributed by atoms with van der Waals surface area (Å²) in [4.78, 5) is 0. The summed E-state index contributed by atoms with van der Waals surface area (Å²) in [5.41, 5.74) is 2.86. The van der Waals surface area contributed by atoms with Crippen molar-refractivity contribution in [1.82, 2.24) is 5.32 Å². The van der Waals surface area contributed by atoms with Gasteiger partial charge < -0.3 is 5.32 Å². The minimum atomic E-state index is 0.176. The first-order chi connectivity index (χ1) is 7.03. The van der Waals surface area contributed by atoms with E-state index in [1.165, 1.54) is 11.1 Å². The highest BCUT2D eigenvalue weighted by molar-refractivity contribution is 5.52. The Morgan fingerprint density at radius 1 is 1.27 bits per heavy atom.